The summed E-state index contributed by atoms with van der Waals surface area (Å²) in [6.07, 6.45) is -0.327. The lowest BCUT2D eigenvalue weighted by Gasteiger charge is -2.35. The molecule has 1 amide bonds. The summed E-state index contributed by atoms with van der Waals surface area (Å²) < 4.78 is 59.3. The van der Waals surface area contributed by atoms with E-state index in [2.05, 4.69) is 5.32 Å². The van der Waals surface area contributed by atoms with E-state index in [1.807, 2.05) is 49.4 Å². The molecule has 3 aromatic carbocycles. The van der Waals surface area contributed by atoms with Gasteiger partial charge in [-0.15, -0.1) is 0 Å². The molecule has 4 atom stereocenters. The third kappa shape index (κ3) is 6.27. The Hall–Kier alpha value is -4.54. The highest BCUT2D eigenvalue weighted by molar-refractivity contribution is 5.98. The molecule has 3 aliphatic rings. The minimum absolute atomic E-state index is 0.0173. The highest BCUT2D eigenvalue weighted by Gasteiger charge is 2.55. The van der Waals surface area contributed by atoms with Gasteiger partial charge in [0.1, 0.15) is 12.4 Å². The van der Waals surface area contributed by atoms with E-state index >= 15 is 4.39 Å². The number of ether oxygens (including phenoxy) is 3. The highest BCUT2D eigenvalue weighted by Crippen LogP contribution is 2.53. The molecule has 248 valence electrons. The van der Waals surface area contributed by atoms with Crippen molar-refractivity contribution in [3.8, 4) is 11.5 Å². The van der Waals surface area contributed by atoms with Crippen molar-refractivity contribution in [1.29, 1.82) is 0 Å². The predicted molar refractivity (Wildman–Crippen MR) is 166 cm³/mol. The number of carbonyl (C=O) groups excluding carboxylic acids is 2. The van der Waals surface area contributed by atoms with E-state index in [1.165, 1.54) is 13.2 Å². The summed E-state index contributed by atoms with van der Waals surface area (Å²) in [4.78, 5) is 38.6. The molecule has 8 nitrogen and oxygen atoms in total. The Morgan fingerprint density at radius 3 is 2.45 bits per heavy atom. The van der Waals surface area contributed by atoms with Gasteiger partial charge in [0.2, 0.25) is 0 Å². The summed E-state index contributed by atoms with van der Waals surface area (Å²) in [6.45, 7) is 1.99. The van der Waals surface area contributed by atoms with Crippen LogP contribution in [0.5, 0.6) is 11.5 Å². The molecule has 3 fully saturated rings. The normalized spacial score (nSPS) is 26.6. The van der Waals surface area contributed by atoms with Gasteiger partial charge in [0, 0.05) is 23.6 Å². The van der Waals surface area contributed by atoms with Gasteiger partial charge in [0.25, 0.3) is 12.0 Å². The summed E-state index contributed by atoms with van der Waals surface area (Å²) >= 11 is 0. The van der Waals surface area contributed by atoms with Crippen molar-refractivity contribution in [3.63, 3.8) is 0 Å². The van der Waals surface area contributed by atoms with Gasteiger partial charge in [-0.05, 0) is 73.8 Å². The van der Waals surface area contributed by atoms with Crippen molar-refractivity contribution in [2.75, 3.05) is 7.11 Å². The minimum atomic E-state index is -1.85. The summed E-state index contributed by atoms with van der Waals surface area (Å²) in [5.74, 6) is -5.69. The molecule has 2 bridgehead atoms. The van der Waals surface area contributed by atoms with E-state index in [0.29, 0.717) is 25.7 Å². The molecule has 47 heavy (non-hydrogen) atoms. The SMILES string of the molecule is COc1cc(F)c(OC2CCC(C)(C(=O)OCc3cccc4ccccc34)CC2)cc1C(=O)N[C@H]1[C@@H](C(=O)O)[C@@H]2CC(=C(F)F)[C@H]1C2. The average Bonchev–Trinajstić information content (AvgIpc) is 3.65. The number of halogens is 3. The second kappa shape index (κ2) is 12.9. The number of aliphatic carboxylic acids is 1. The molecule has 0 aliphatic heterocycles. The average molecular weight is 652 g/mol. The fourth-order valence-corrected chi connectivity index (χ4v) is 7.60. The number of fused-ring (bicyclic) bond motifs is 3. The Morgan fingerprint density at radius 1 is 1.02 bits per heavy atom. The molecule has 3 saturated carbocycles. The number of benzene rings is 3. The second-order valence-electron chi connectivity index (χ2n) is 13.0. The van der Waals surface area contributed by atoms with Crippen LogP contribution in [0.3, 0.4) is 0 Å². The fraction of sp³-hybridized carbons (Fsp3) is 0.417. The van der Waals surface area contributed by atoms with Crippen molar-refractivity contribution < 1.29 is 46.9 Å². The van der Waals surface area contributed by atoms with Gasteiger partial charge in [0.05, 0.1) is 30.1 Å². The van der Waals surface area contributed by atoms with Crippen molar-refractivity contribution in [3.05, 3.63) is 83.2 Å². The van der Waals surface area contributed by atoms with Gasteiger partial charge < -0.3 is 24.6 Å². The standard InChI is InChI=1S/C36H36F3NO7/c1-36(35(44)46-18-20-8-5-7-19-6-3-4-9-23(19)20)12-10-22(11-13-36)47-29-16-26(28(45-2)17-27(29)37)33(41)40-31-24-14-21(30(31)34(42)43)15-25(24)32(38)39/h3-9,16-17,21-22,24,30-31H,10-15,18H2,1-2H3,(H,40,41)(H,42,43)/t21-,22?,24+,30-,31+,36?/m0/s1. The lowest BCUT2D eigenvalue weighted by Crippen LogP contribution is -2.47. The van der Waals surface area contributed by atoms with E-state index in [0.717, 1.165) is 22.4 Å². The summed E-state index contributed by atoms with van der Waals surface area (Å²) in [5.41, 5.74) is -0.0755. The number of methoxy groups -OCH3 is 1. The number of carboxylic acid groups (broad SMARTS) is 1. The molecule has 11 heteroatoms. The number of esters is 1. The van der Waals surface area contributed by atoms with Crippen LogP contribution in [0.1, 0.15) is 61.4 Å². The number of rotatable bonds is 9. The van der Waals surface area contributed by atoms with Gasteiger partial charge in [-0.1, -0.05) is 42.5 Å². The zero-order valence-electron chi connectivity index (χ0n) is 26.1. The Bertz CT molecular complexity index is 1740. The Labute approximate surface area is 269 Å². The summed E-state index contributed by atoms with van der Waals surface area (Å²) in [5, 5.41) is 14.5. The Balaban J connectivity index is 1.11. The number of hydrogen-bond donors (Lipinski definition) is 2. The predicted octanol–water partition coefficient (Wildman–Crippen LogP) is 7.05. The Morgan fingerprint density at radius 2 is 1.74 bits per heavy atom. The number of carbonyl (C=O) groups is 3. The maximum Gasteiger partial charge on any atom is 0.312 e. The maximum atomic E-state index is 15.1. The van der Waals surface area contributed by atoms with Gasteiger partial charge in [-0.2, -0.15) is 8.78 Å². The first-order valence-electron chi connectivity index (χ1n) is 15.7. The first-order valence-corrected chi connectivity index (χ1v) is 15.7. The minimum Gasteiger partial charge on any atom is -0.496 e. The molecule has 0 spiro atoms. The zero-order valence-corrected chi connectivity index (χ0v) is 26.1. The fourth-order valence-electron chi connectivity index (χ4n) is 7.60. The molecule has 0 saturated heterocycles. The van der Waals surface area contributed by atoms with Crippen LogP contribution in [0, 0.1) is 29.0 Å². The van der Waals surface area contributed by atoms with Gasteiger partial charge >= 0.3 is 11.9 Å². The van der Waals surface area contributed by atoms with Crippen LogP contribution in [-0.2, 0) is 20.9 Å². The molecule has 0 unspecified atom stereocenters. The van der Waals surface area contributed by atoms with Gasteiger partial charge in [-0.25, -0.2) is 4.39 Å². The summed E-state index contributed by atoms with van der Waals surface area (Å²) in [6, 6.07) is 14.9. The van der Waals surface area contributed by atoms with Crippen LogP contribution in [0.15, 0.2) is 66.3 Å². The van der Waals surface area contributed by atoms with E-state index in [9.17, 15) is 28.3 Å². The van der Waals surface area contributed by atoms with Crippen LogP contribution >= 0.6 is 0 Å². The van der Waals surface area contributed by atoms with E-state index in [1.54, 1.807) is 0 Å². The molecule has 3 aromatic rings. The zero-order chi connectivity index (χ0) is 33.5. The van der Waals surface area contributed by atoms with E-state index < -0.39 is 59.1 Å². The third-order valence-electron chi connectivity index (χ3n) is 10.2. The first-order chi connectivity index (χ1) is 22.5. The summed E-state index contributed by atoms with van der Waals surface area (Å²) in [7, 11) is 1.25. The quantitative estimate of drug-likeness (QED) is 0.239. The van der Waals surface area contributed by atoms with Crippen molar-refractivity contribution in [1.82, 2.24) is 5.32 Å². The number of nitrogens with one attached hydrogen (secondary N) is 1. The van der Waals surface area contributed by atoms with Gasteiger partial charge in [0.15, 0.2) is 11.6 Å². The van der Waals surface area contributed by atoms with Crippen LogP contribution in [0.4, 0.5) is 13.2 Å². The van der Waals surface area contributed by atoms with Crippen molar-refractivity contribution >= 4 is 28.6 Å². The van der Waals surface area contributed by atoms with Crippen molar-refractivity contribution in [2.24, 2.45) is 23.2 Å². The van der Waals surface area contributed by atoms with Crippen LogP contribution < -0.4 is 14.8 Å². The molecular weight excluding hydrogens is 615 g/mol. The van der Waals surface area contributed by atoms with Crippen LogP contribution in [0.2, 0.25) is 0 Å². The molecule has 0 heterocycles. The van der Waals surface area contributed by atoms with Crippen LogP contribution in [0.25, 0.3) is 10.8 Å². The Kier molecular flexibility index (Phi) is 8.91. The molecule has 6 rings (SSSR count). The van der Waals surface area contributed by atoms with E-state index in [-0.39, 0.29) is 48.1 Å². The lowest BCUT2D eigenvalue weighted by molar-refractivity contribution is -0.159. The highest BCUT2D eigenvalue weighted by atomic mass is 19.3. The topological polar surface area (TPSA) is 111 Å². The van der Waals surface area contributed by atoms with Crippen LogP contribution in [-0.4, -0.2) is 42.2 Å². The largest absolute Gasteiger partial charge is 0.496 e. The molecule has 0 aromatic heterocycles. The second-order valence-corrected chi connectivity index (χ2v) is 13.0. The third-order valence-corrected chi connectivity index (χ3v) is 10.2. The number of amides is 1. The number of carboxylic acids is 1. The van der Waals surface area contributed by atoms with Gasteiger partial charge in [-0.3, -0.25) is 14.4 Å². The molecule has 0 radical (unpaired) electrons. The molecule has 3 aliphatic carbocycles. The van der Waals surface area contributed by atoms with Crippen molar-refractivity contribution in [2.45, 2.75) is 64.2 Å². The first kappa shape index (κ1) is 32.4. The monoisotopic (exact) mass is 651 g/mol. The maximum absolute atomic E-state index is 15.1. The lowest BCUT2D eigenvalue weighted by atomic mass is 9.74. The smallest absolute Gasteiger partial charge is 0.312 e. The molecular formula is C36H36F3NO7. The number of hydrogen-bond acceptors (Lipinski definition) is 6. The molecule has 2 N–H and O–H groups in total. The van der Waals surface area contributed by atoms with E-state index in [4.69, 9.17) is 14.2 Å².